The molecule has 0 saturated carbocycles. The highest BCUT2D eigenvalue weighted by molar-refractivity contribution is 7.17. The molecule has 2 aromatic heterocycles. The Bertz CT molecular complexity index is 730. The van der Waals surface area contributed by atoms with Gasteiger partial charge in [0.25, 0.3) is 0 Å². The fourth-order valence-corrected chi connectivity index (χ4v) is 3.83. The van der Waals surface area contributed by atoms with Gasteiger partial charge in [0.05, 0.1) is 5.39 Å². The van der Waals surface area contributed by atoms with E-state index in [4.69, 9.17) is 4.74 Å². The Morgan fingerprint density at radius 3 is 2.71 bits per heavy atom. The van der Waals surface area contributed by atoms with Crippen LogP contribution in [0.3, 0.4) is 0 Å². The largest absolute Gasteiger partial charge is 0.444 e. The van der Waals surface area contributed by atoms with Gasteiger partial charge in [0, 0.05) is 19.1 Å². The number of amides is 1. The Morgan fingerprint density at radius 2 is 2.04 bits per heavy atom. The number of nitrogens with one attached hydrogen (secondary N) is 1. The number of aromatic nitrogens is 2. The zero-order valence-electron chi connectivity index (χ0n) is 14.6. The second-order valence-electron chi connectivity index (χ2n) is 7.20. The van der Waals surface area contributed by atoms with E-state index in [0.29, 0.717) is 0 Å². The molecule has 0 radical (unpaired) electrons. The number of hydrogen-bond acceptors (Lipinski definition) is 6. The second-order valence-corrected chi connectivity index (χ2v) is 8.06. The molecule has 6 nitrogen and oxygen atoms in total. The first kappa shape index (κ1) is 17.0. The van der Waals surface area contributed by atoms with Gasteiger partial charge < -0.3 is 15.0 Å². The van der Waals surface area contributed by atoms with Crippen molar-refractivity contribution in [1.29, 1.82) is 0 Å². The summed E-state index contributed by atoms with van der Waals surface area (Å²) in [5.74, 6) is 1.01. The van der Waals surface area contributed by atoms with E-state index >= 15 is 0 Å². The van der Waals surface area contributed by atoms with E-state index in [1.54, 1.807) is 17.7 Å². The molecule has 0 aliphatic carbocycles. The van der Waals surface area contributed by atoms with Gasteiger partial charge in [-0.15, -0.1) is 11.3 Å². The molecular formula is C17H24N4O2S. The molecule has 1 aliphatic rings. The Labute approximate surface area is 146 Å². The van der Waals surface area contributed by atoms with Crippen LogP contribution in [0.2, 0.25) is 0 Å². The van der Waals surface area contributed by atoms with Crippen LogP contribution >= 0.6 is 11.3 Å². The number of aryl methyl sites for hydroxylation is 1. The molecular weight excluding hydrogens is 324 g/mol. The Kier molecular flexibility index (Phi) is 4.62. The number of ether oxygens (including phenoxy) is 1. The van der Waals surface area contributed by atoms with Crippen molar-refractivity contribution in [1.82, 2.24) is 15.3 Å². The molecule has 0 spiro atoms. The summed E-state index contributed by atoms with van der Waals surface area (Å²) in [5, 5.41) is 6.25. The number of alkyl carbamates (subject to hydrolysis) is 1. The first-order chi connectivity index (χ1) is 11.3. The number of thiophene rings is 1. The lowest BCUT2D eigenvalue weighted by molar-refractivity contribution is 0.0497. The molecule has 1 amide bonds. The smallest absolute Gasteiger partial charge is 0.407 e. The van der Waals surface area contributed by atoms with Crippen molar-refractivity contribution in [2.75, 3.05) is 18.0 Å². The van der Waals surface area contributed by atoms with Crippen LogP contribution in [0.15, 0.2) is 11.7 Å². The Balaban J connectivity index is 1.63. The maximum absolute atomic E-state index is 11.9. The third-order valence-electron chi connectivity index (χ3n) is 4.05. The van der Waals surface area contributed by atoms with Crippen LogP contribution in [0.5, 0.6) is 0 Å². The van der Waals surface area contributed by atoms with Crippen LogP contribution in [-0.2, 0) is 4.74 Å². The first-order valence-electron chi connectivity index (χ1n) is 8.27. The summed E-state index contributed by atoms with van der Waals surface area (Å²) in [5.41, 5.74) is 0.757. The number of nitrogens with zero attached hydrogens (tertiary/aromatic N) is 3. The molecule has 3 heterocycles. The first-order valence-corrected chi connectivity index (χ1v) is 9.15. The van der Waals surface area contributed by atoms with Crippen LogP contribution < -0.4 is 10.2 Å². The van der Waals surface area contributed by atoms with Gasteiger partial charge in [0.2, 0.25) is 0 Å². The van der Waals surface area contributed by atoms with Crippen molar-refractivity contribution in [2.24, 2.45) is 0 Å². The van der Waals surface area contributed by atoms with Crippen LogP contribution in [0.25, 0.3) is 10.2 Å². The topological polar surface area (TPSA) is 67.4 Å². The summed E-state index contributed by atoms with van der Waals surface area (Å²) in [6, 6.07) is 0.150. The second kappa shape index (κ2) is 6.55. The molecule has 1 aliphatic heterocycles. The van der Waals surface area contributed by atoms with E-state index in [0.717, 1.165) is 42.0 Å². The average Bonchev–Trinajstić information content (AvgIpc) is 2.88. The summed E-state index contributed by atoms with van der Waals surface area (Å²) in [4.78, 5) is 24.1. The summed E-state index contributed by atoms with van der Waals surface area (Å²) in [6.07, 6.45) is 3.07. The molecule has 3 rings (SSSR count). The zero-order chi connectivity index (χ0) is 17.3. The standard InChI is InChI=1S/C17H24N4O2S/c1-11-9-24-15-13(11)14(18-10-19-15)21-7-5-12(6-8-21)20-16(22)23-17(2,3)4/h9-10,12H,5-8H2,1-4H3,(H,20,22). The third kappa shape index (κ3) is 3.77. The van der Waals surface area contributed by atoms with Gasteiger partial charge in [-0.3, -0.25) is 0 Å². The number of piperidine rings is 1. The number of hydrogen-bond donors (Lipinski definition) is 1. The van der Waals surface area contributed by atoms with E-state index in [9.17, 15) is 4.79 Å². The Morgan fingerprint density at radius 1 is 1.33 bits per heavy atom. The van der Waals surface area contributed by atoms with Crippen molar-refractivity contribution >= 4 is 33.5 Å². The normalized spacial score (nSPS) is 16.4. The molecule has 130 valence electrons. The molecule has 0 aromatic carbocycles. The molecule has 2 aromatic rings. The fourth-order valence-electron chi connectivity index (χ4n) is 2.95. The monoisotopic (exact) mass is 348 g/mol. The van der Waals surface area contributed by atoms with Gasteiger partial charge in [-0.1, -0.05) is 0 Å². The third-order valence-corrected chi connectivity index (χ3v) is 5.05. The van der Waals surface area contributed by atoms with Crippen molar-refractivity contribution in [3.8, 4) is 0 Å². The maximum atomic E-state index is 11.9. The highest BCUT2D eigenvalue weighted by Crippen LogP contribution is 2.32. The molecule has 24 heavy (non-hydrogen) atoms. The van der Waals surface area contributed by atoms with Gasteiger partial charge in [-0.2, -0.15) is 0 Å². The summed E-state index contributed by atoms with van der Waals surface area (Å²) in [7, 11) is 0. The highest BCUT2D eigenvalue weighted by Gasteiger charge is 2.25. The predicted octanol–water partition coefficient (Wildman–Crippen LogP) is 3.49. The van der Waals surface area contributed by atoms with E-state index in [-0.39, 0.29) is 12.1 Å². The lowest BCUT2D eigenvalue weighted by Gasteiger charge is -2.33. The van der Waals surface area contributed by atoms with Crippen LogP contribution in [-0.4, -0.2) is 40.8 Å². The fraction of sp³-hybridized carbons (Fsp3) is 0.588. The maximum Gasteiger partial charge on any atom is 0.407 e. The molecule has 7 heteroatoms. The van der Waals surface area contributed by atoms with Crippen LogP contribution in [0.4, 0.5) is 10.6 Å². The number of fused-ring (bicyclic) bond motifs is 1. The predicted molar refractivity (Wildman–Crippen MR) is 96.8 cm³/mol. The number of anilines is 1. The molecule has 1 fully saturated rings. The van der Waals surface area contributed by atoms with Crippen LogP contribution in [0, 0.1) is 6.92 Å². The SMILES string of the molecule is Cc1csc2ncnc(N3CCC(NC(=O)OC(C)(C)C)CC3)c12. The molecule has 0 atom stereocenters. The molecule has 1 saturated heterocycles. The zero-order valence-corrected chi connectivity index (χ0v) is 15.4. The summed E-state index contributed by atoms with van der Waals surface area (Å²) >= 11 is 1.65. The van der Waals surface area contributed by atoms with Gasteiger partial charge in [0.15, 0.2) is 0 Å². The minimum atomic E-state index is -0.464. The molecule has 0 bridgehead atoms. The van der Waals surface area contributed by atoms with E-state index in [2.05, 4.69) is 32.5 Å². The average molecular weight is 348 g/mol. The van der Waals surface area contributed by atoms with E-state index < -0.39 is 5.60 Å². The summed E-state index contributed by atoms with van der Waals surface area (Å²) in [6.45, 7) is 9.45. The van der Waals surface area contributed by atoms with Crippen LogP contribution in [0.1, 0.15) is 39.2 Å². The van der Waals surface area contributed by atoms with Crippen molar-refractivity contribution < 1.29 is 9.53 Å². The van der Waals surface area contributed by atoms with Gasteiger partial charge >= 0.3 is 6.09 Å². The number of carbonyl (C=O) groups is 1. The minimum absolute atomic E-state index is 0.150. The van der Waals surface area contributed by atoms with Gasteiger partial charge in [-0.05, 0) is 51.5 Å². The molecule has 1 N–H and O–H groups in total. The lowest BCUT2D eigenvalue weighted by Crippen LogP contribution is -2.46. The highest BCUT2D eigenvalue weighted by atomic mass is 32.1. The number of rotatable bonds is 2. The quantitative estimate of drug-likeness (QED) is 0.900. The van der Waals surface area contributed by atoms with Crippen molar-refractivity contribution in [2.45, 2.75) is 52.2 Å². The minimum Gasteiger partial charge on any atom is -0.444 e. The molecule has 0 unspecified atom stereocenters. The van der Waals surface area contributed by atoms with E-state index in [1.165, 1.54) is 5.56 Å². The Hall–Kier alpha value is -1.89. The summed E-state index contributed by atoms with van der Waals surface area (Å²) < 4.78 is 5.33. The number of carbonyl (C=O) groups excluding carboxylic acids is 1. The lowest BCUT2D eigenvalue weighted by atomic mass is 10.0. The van der Waals surface area contributed by atoms with E-state index in [1.807, 2.05) is 20.8 Å². The van der Waals surface area contributed by atoms with Gasteiger partial charge in [0.1, 0.15) is 22.6 Å². The van der Waals surface area contributed by atoms with Crippen molar-refractivity contribution in [3.63, 3.8) is 0 Å². The van der Waals surface area contributed by atoms with Crippen molar-refractivity contribution in [3.05, 3.63) is 17.3 Å². The van der Waals surface area contributed by atoms with Gasteiger partial charge in [-0.25, -0.2) is 14.8 Å².